The van der Waals surface area contributed by atoms with Crippen molar-refractivity contribution in [2.24, 2.45) is 0 Å². The minimum absolute atomic E-state index is 0.202. The summed E-state index contributed by atoms with van der Waals surface area (Å²) >= 11 is 1.36. The van der Waals surface area contributed by atoms with Crippen LogP contribution < -0.4 is 4.74 Å². The number of thioether (sulfide) groups is 1. The third kappa shape index (κ3) is 5.12. The van der Waals surface area contributed by atoms with Crippen molar-refractivity contribution in [1.29, 1.82) is 0 Å². The van der Waals surface area contributed by atoms with E-state index in [0.717, 1.165) is 42.8 Å². The van der Waals surface area contributed by atoms with E-state index in [4.69, 9.17) is 9.15 Å². The van der Waals surface area contributed by atoms with Crippen LogP contribution in [0.15, 0.2) is 52.0 Å². The zero-order valence-electron chi connectivity index (χ0n) is 17.0. The van der Waals surface area contributed by atoms with E-state index >= 15 is 0 Å². The number of imide groups is 1. The molecule has 1 aromatic heterocycles. The minimum atomic E-state index is -0.211. The van der Waals surface area contributed by atoms with Crippen LogP contribution in [0.5, 0.6) is 5.75 Å². The summed E-state index contributed by atoms with van der Waals surface area (Å²) in [6, 6.07) is 11.1. The summed E-state index contributed by atoms with van der Waals surface area (Å²) in [5.41, 5.74) is 1.22. The van der Waals surface area contributed by atoms with Crippen LogP contribution in [0.4, 0.5) is 0 Å². The summed E-state index contributed by atoms with van der Waals surface area (Å²) in [7, 11) is 0. The molecule has 0 saturated carbocycles. The van der Waals surface area contributed by atoms with Crippen molar-refractivity contribution in [2.75, 3.05) is 13.2 Å². The molecule has 0 atom stereocenters. The average Bonchev–Trinajstić information content (AvgIpc) is 3.32. The van der Waals surface area contributed by atoms with Crippen molar-refractivity contribution < 1.29 is 18.7 Å². The lowest BCUT2D eigenvalue weighted by molar-refractivity contribution is -0.136. The first-order valence-electron chi connectivity index (χ1n) is 10.1. The normalized spacial score (nSPS) is 14.2. The van der Waals surface area contributed by atoms with Gasteiger partial charge in [0.15, 0.2) is 0 Å². The van der Waals surface area contributed by atoms with Crippen molar-refractivity contribution in [3.8, 4) is 5.75 Å². The Morgan fingerprint density at radius 1 is 1.00 bits per heavy atom. The van der Waals surface area contributed by atoms with Crippen LogP contribution in [-0.2, 0) is 15.3 Å². The molecule has 0 saturated heterocycles. The lowest BCUT2D eigenvalue weighted by Crippen LogP contribution is -2.32. The molecule has 0 spiro atoms. The summed E-state index contributed by atoms with van der Waals surface area (Å²) in [6.45, 7) is 5.11. The molecule has 2 amide bonds. The molecule has 0 fully saturated rings. The quantitative estimate of drug-likeness (QED) is 0.371. The van der Waals surface area contributed by atoms with Gasteiger partial charge in [0.2, 0.25) is 0 Å². The molecular formula is C23H27NO4S. The first-order valence-corrected chi connectivity index (χ1v) is 11.1. The largest absolute Gasteiger partial charge is 0.494 e. The van der Waals surface area contributed by atoms with Crippen molar-refractivity contribution in [3.05, 3.63) is 58.9 Å². The Kier molecular flexibility index (Phi) is 7.58. The van der Waals surface area contributed by atoms with Crippen LogP contribution in [0.2, 0.25) is 0 Å². The van der Waals surface area contributed by atoms with E-state index in [9.17, 15) is 9.59 Å². The van der Waals surface area contributed by atoms with Gasteiger partial charge in [-0.15, -0.1) is 11.8 Å². The van der Waals surface area contributed by atoms with Crippen LogP contribution in [0, 0.1) is 0 Å². The summed E-state index contributed by atoms with van der Waals surface area (Å²) in [5.74, 6) is 1.61. The Balaban J connectivity index is 1.84. The van der Waals surface area contributed by atoms with Gasteiger partial charge in [0.1, 0.15) is 11.5 Å². The predicted molar refractivity (Wildman–Crippen MR) is 115 cm³/mol. The SMILES string of the molecule is CCCCCCN1C(=O)C(SCc2ccco2)=C(c2ccc(OCC)cc2)C1=O. The number of furan rings is 1. The Bertz CT molecular complexity index is 856. The van der Waals surface area contributed by atoms with Crippen molar-refractivity contribution in [3.63, 3.8) is 0 Å². The fourth-order valence-corrected chi connectivity index (χ4v) is 4.30. The highest BCUT2D eigenvalue weighted by atomic mass is 32.2. The third-order valence-electron chi connectivity index (χ3n) is 4.75. The van der Waals surface area contributed by atoms with Crippen molar-refractivity contribution in [2.45, 2.75) is 45.3 Å². The first-order chi connectivity index (χ1) is 14.2. The van der Waals surface area contributed by atoms with Gasteiger partial charge in [-0.1, -0.05) is 38.3 Å². The lowest BCUT2D eigenvalue weighted by Gasteiger charge is -2.15. The van der Waals surface area contributed by atoms with E-state index < -0.39 is 0 Å². The van der Waals surface area contributed by atoms with Gasteiger partial charge in [-0.25, -0.2) is 0 Å². The summed E-state index contributed by atoms with van der Waals surface area (Å²) < 4.78 is 10.9. The smallest absolute Gasteiger partial charge is 0.267 e. The second-order valence-electron chi connectivity index (χ2n) is 6.85. The van der Waals surface area contributed by atoms with Gasteiger partial charge in [0, 0.05) is 6.54 Å². The average molecular weight is 414 g/mol. The molecule has 1 aliphatic heterocycles. The number of rotatable bonds is 11. The number of amides is 2. The molecule has 0 radical (unpaired) electrons. The Morgan fingerprint density at radius 2 is 1.79 bits per heavy atom. The number of carbonyl (C=O) groups excluding carboxylic acids is 2. The van der Waals surface area contributed by atoms with Crippen molar-refractivity contribution in [1.82, 2.24) is 4.90 Å². The number of hydrogen-bond donors (Lipinski definition) is 0. The molecule has 2 aromatic rings. The first kappa shape index (κ1) is 21.2. The highest BCUT2D eigenvalue weighted by molar-refractivity contribution is 8.03. The van der Waals surface area contributed by atoms with Crippen LogP contribution >= 0.6 is 11.8 Å². The van der Waals surface area contributed by atoms with Gasteiger partial charge in [0.25, 0.3) is 11.8 Å². The molecule has 0 aliphatic carbocycles. The van der Waals surface area contributed by atoms with E-state index in [0.29, 0.717) is 29.4 Å². The molecule has 29 heavy (non-hydrogen) atoms. The fraction of sp³-hybridized carbons (Fsp3) is 0.391. The summed E-state index contributed by atoms with van der Waals surface area (Å²) in [5, 5.41) is 0. The number of benzene rings is 1. The van der Waals surface area contributed by atoms with Crippen LogP contribution in [-0.4, -0.2) is 29.9 Å². The Morgan fingerprint density at radius 3 is 2.45 bits per heavy atom. The lowest BCUT2D eigenvalue weighted by atomic mass is 10.1. The van der Waals surface area contributed by atoms with Gasteiger partial charge in [0.05, 0.1) is 29.1 Å². The molecule has 3 rings (SSSR count). The van der Waals surface area contributed by atoms with E-state index in [1.54, 1.807) is 6.26 Å². The summed E-state index contributed by atoms with van der Waals surface area (Å²) in [6.07, 6.45) is 5.68. The van der Waals surface area contributed by atoms with Crippen LogP contribution in [0.3, 0.4) is 0 Å². The Labute approximate surface area is 176 Å². The second kappa shape index (κ2) is 10.3. The molecule has 1 aromatic carbocycles. The third-order valence-corrected chi connectivity index (χ3v) is 5.85. The van der Waals surface area contributed by atoms with Crippen LogP contribution in [0.1, 0.15) is 50.9 Å². The topological polar surface area (TPSA) is 59.8 Å². The molecule has 6 heteroatoms. The van der Waals surface area contributed by atoms with E-state index in [2.05, 4.69) is 6.92 Å². The van der Waals surface area contributed by atoms with Gasteiger partial charge >= 0.3 is 0 Å². The van der Waals surface area contributed by atoms with Gasteiger partial charge in [-0.05, 0) is 43.2 Å². The molecule has 0 bridgehead atoms. The van der Waals surface area contributed by atoms with Gasteiger partial charge < -0.3 is 9.15 Å². The molecule has 0 unspecified atom stereocenters. The summed E-state index contributed by atoms with van der Waals surface area (Å²) in [4.78, 5) is 28.1. The maximum absolute atomic E-state index is 13.1. The molecule has 0 N–H and O–H groups in total. The second-order valence-corrected chi connectivity index (χ2v) is 7.84. The fourth-order valence-electron chi connectivity index (χ4n) is 3.26. The molecular weight excluding hydrogens is 386 g/mol. The zero-order valence-corrected chi connectivity index (χ0v) is 17.8. The molecule has 154 valence electrons. The molecule has 1 aliphatic rings. The van der Waals surface area contributed by atoms with Crippen molar-refractivity contribution >= 4 is 29.1 Å². The molecule has 5 nitrogen and oxygen atoms in total. The van der Waals surface area contributed by atoms with E-state index in [1.165, 1.54) is 16.7 Å². The van der Waals surface area contributed by atoms with Crippen LogP contribution in [0.25, 0.3) is 5.57 Å². The minimum Gasteiger partial charge on any atom is -0.494 e. The number of hydrogen-bond acceptors (Lipinski definition) is 5. The van der Waals surface area contributed by atoms with Gasteiger partial charge in [-0.2, -0.15) is 0 Å². The van der Waals surface area contributed by atoms with E-state index in [-0.39, 0.29) is 11.8 Å². The standard InChI is InChI=1S/C23H27NO4S/c1-3-5-6-7-14-24-22(25)20(17-10-12-18(13-11-17)27-4-2)21(23(24)26)29-16-19-9-8-15-28-19/h8-13,15H,3-7,14,16H2,1-2H3. The molecule has 2 heterocycles. The van der Waals surface area contributed by atoms with Gasteiger partial charge in [-0.3, -0.25) is 14.5 Å². The Hall–Kier alpha value is -2.47. The number of carbonyl (C=O) groups is 2. The highest BCUT2D eigenvalue weighted by Gasteiger charge is 2.38. The highest BCUT2D eigenvalue weighted by Crippen LogP contribution is 2.38. The number of nitrogens with zero attached hydrogens (tertiary/aromatic N) is 1. The number of ether oxygens (including phenoxy) is 1. The monoisotopic (exact) mass is 413 g/mol. The van der Waals surface area contributed by atoms with E-state index in [1.807, 2.05) is 43.3 Å². The maximum atomic E-state index is 13.1. The number of unbranched alkanes of at least 4 members (excludes halogenated alkanes) is 3. The maximum Gasteiger partial charge on any atom is 0.267 e. The predicted octanol–water partition coefficient (Wildman–Crippen LogP) is 5.27. The zero-order chi connectivity index (χ0) is 20.6.